The minimum Gasteiger partial charge on any atom is -0.483 e. The summed E-state index contributed by atoms with van der Waals surface area (Å²) in [6, 6.07) is 40.3. The average molecular weight is 615 g/mol. The lowest BCUT2D eigenvalue weighted by molar-refractivity contribution is -0.0591. The Bertz CT molecular complexity index is 1220. The minimum absolute atomic E-state index is 0.327. The van der Waals surface area contributed by atoms with E-state index in [0.29, 0.717) is 13.2 Å². The van der Waals surface area contributed by atoms with Gasteiger partial charge in [0.05, 0.1) is 13.2 Å². The highest BCUT2D eigenvalue weighted by Crippen LogP contribution is 2.31. The second kappa shape index (κ2) is 15.5. The van der Waals surface area contributed by atoms with Crippen molar-refractivity contribution in [3.63, 3.8) is 0 Å². The number of rotatable bonds is 16. The Morgan fingerprint density at radius 2 is 0.744 bits per heavy atom. The van der Waals surface area contributed by atoms with E-state index in [1.54, 1.807) is 0 Å². The van der Waals surface area contributed by atoms with Crippen LogP contribution in [0.25, 0.3) is 0 Å². The Morgan fingerprint density at radius 3 is 1.05 bits per heavy atom. The number of hydrogen-bond donors (Lipinski definition) is 0. The topological polar surface area (TPSA) is 46.2 Å². The molecule has 0 heterocycles. The van der Waals surface area contributed by atoms with Gasteiger partial charge in [0.25, 0.3) is 0 Å². The first-order valence-corrected chi connectivity index (χ1v) is 21.9. The molecular weight excluding hydrogens is 569 g/mol. The van der Waals surface area contributed by atoms with Gasteiger partial charge in [0, 0.05) is 0 Å². The summed E-state index contributed by atoms with van der Waals surface area (Å²) < 4.78 is 33.3. The molecule has 0 amide bonds. The van der Waals surface area contributed by atoms with Crippen LogP contribution in [0.4, 0.5) is 0 Å². The fourth-order valence-corrected chi connectivity index (χ4v) is 7.07. The van der Waals surface area contributed by atoms with Crippen LogP contribution in [-0.4, -0.2) is 42.1 Å². The predicted molar refractivity (Wildman–Crippen MR) is 180 cm³/mol. The molecule has 4 aromatic rings. The van der Waals surface area contributed by atoms with E-state index in [2.05, 4.69) is 63.5 Å². The molecule has 0 fully saturated rings. The van der Waals surface area contributed by atoms with Gasteiger partial charge in [-0.2, -0.15) is 0 Å². The molecule has 228 valence electrons. The molecule has 0 aliphatic carbocycles. The fourth-order valence-electron chi connectivity index (χ4n) is 4.87. The van der Waals surface area contributed by atoms with Gasteiger partial charge in [-0.1, -0.05) is 97.1 Å². The van der Waals surface area contributed by atoms with Crippen LogP contribution in [0.1, 0.15) is 23.3 Å². The van der Waals surface area contributed by atoms with Gasteiger partial charge in [-0.25, -0.2) is 0 Å². The Kier molecular flexibility index (Phi) is 11.8. The molecule has 4 atom stereocenters. The van der Waals surface area contributed by atoms with Crippen molar-refractivity contribution in [2.75, 3.05) is 13.2 Å². The van der Waals surface area contributed by atoms with Gasteiger partial charge in [0.15, 0.2) is 28.8 Å². The molecule has 0 radical (unpaired) electrons. The van der Waals surface area contributed by atoms with Crippen molar-refractivity contribution in [2.24, 2.45) is 0 Å². The van der Waals surface area contributed by atoms with Crippen molar-refractivity contribution in [1.29, 1.82) is 0 Å². The molecule has 7 heteroatoms. The third-order valence-corrected chi connectivity index (χ3v) is 8.54. The monoisotopic (exact) mass is 614 g/mol. The molecule has 4 aromatic carbocycles. The van der Waals surface area contributed by atoms with Crippen molar-refractivity contribution >= 4 is 16.6 Å². The van der Waals surface area contributed by atoms with Crippen LogP contribution in [0.2, 0.25) is 39.3 Å². The summed E-state index contributed by atoms with van der Waals surface area (Å²) in [7, 11) is -3.97. The Balaban J connectivity index is 1.61. The molecule has 0 spiro atoms. The lowest BCUT2D eigenvalue weighted by Gasteiger charge is -2.35. The maximum absolute atomic E-state index is 6.78. The minimum atomic E-state index is -1.98. The number of benzene rings is 4. The van der Waals surface area contributed by atoms with Gasteiger partial charge < -0.3 is 23.1 Å². The fraction of sp³-hybridized carbons (Fsp3) is 0.333. The lowest BCUT2D eigenvalue weighted by Crippen LogP contribution is -2.43. The number of hydrogen-bond acceptors (Lipinski definition) is 5. The molecule has 0 saturated heterocycles. The third kappa shape index (κ3) is 11.1. The van der Waals surface area contributed by atoms with E-state index in [0.717, 1.165) is 22.6 Å². The molecule has 43 heavy (non-hydrogen) atoms. The smallest absolute Gasteiger partial charge is 0.184 e. The first-order chi connectivity index (χ1) is 20.6. The third-order valence-electron chi connectivity index (χ3n) is 6.52. The highest BCUT2D eigenvalue weighted by atomic mass is 28.4. The van der Waals surface area contributed by atoms with Crippen LogP contribution in [0, 0.1) is 0 Å². The summed E-state index contributed by atoms with van der Waals surface area (Å²) in [5, 5.41) is 0. The second-order valence-corrected chi connectivity index (χ2v) is 21.5. The quantitative estimate of drug-likeness (QED) is 0.118. The zero-order valence-corrected chi connectivity index (χ0v) is 28.3. The molecule has 0 aliphatic rings. The second-order valence-electron chi connectivity index (χ2n) is 12.6. The SMILES string of the molecule is C[Si](C)(C)OC(COCC(O[Si](C)(C)C)C(Oc1ccccc1)c1ccccc1)C(Oc1ccccc1)c1ccccc1. The van der Waals surface area contributed by atoms with Crippen molar-refractivity contribution < 1.29 is 23.1 Å². The lowest BCUT2D eigenvalue weighted by atomic mass is 10.0. The van der Waals surface area contributed by atoms with Gasteiger partial charge in [-0.15, -0.1) is 0 Å². The first-order valence-electron chi connectivity index (χ1n) is 15.0. The summed E-state index contributed by atoms with van der Waals surface area (Å²) in [5.74, 6) is 1.58. The molecule has 4 unspecified atom stereocenters. The summed E-state index contributed by atoms with van der Waals surface area (Å²) in [6.07, 6.45) is -1.35. The number of ether oxygens (including phenoxy) is 3. The van der Waals surface area contributed by atoms with E-state index in [9.17, 15) is 0 Å². The molecule has 0 N–H and O–H groups in total. The summed E-state index contributed by atoms with van der Waals surface area (Å²) in [4.78, 5) is 0. The highest BCUT2D eigenvalue weighted by molar-refractivity contribution is 6.70. The van der Waals surface area contributed by atoms with Crippen molar-refractivity contribution in [1.82, 2.24) is 0 Å². The van der Waals surface area contributed by atoms with E-state index in [4.69, 9.17) is 23.1 Å². The van der Waals surface area contributed by atoms with Gasteiger partial charge in [-0.05, 0) is 74.7 Å². The molecular formula is C36H46O5Si2. The molecule has 0 saturated carbocycles. The predicted octanol–water partition coefficient (Wildman–Crippen LogP) is 9.08. The molecule has 0 aliphatic heterocycles. The summed E-state index contributed by atoms with van der Waals surface area (Å²) in [6.45, 7) is 13.9. The van der Waals surface area contributed by atoms with Gasteiger partial charge in [-0.3, -0.25) is 0 Å². The zero-order valence-electron chi connectivity index (χ0n) is 26.3. The summed E-state index contributed by atoms with van der Waals surface area (Å²) in [5.41, 5.74) is 2.09. The largest absolute Gasteiger partial charge is 0.483 e. The molecule has 4 rings (SSSR count). The molecule has 0 aromatic heterocycles. The zero-order chi connectivity index (χ0) is 30.7. The Morgan fingerprint density at radius 1 is 0.442 bits per heavy atom. The van der Waals surface area contributed by atoms with Crippen LogP contribution in [0.3, 0.4) is 0 Å². The van der Waals surface area contributed by atoms with Crippen molar-refractivity contribution in [3.05, 3.63) is 132 Å². The number of para-hydroxylation sites is 2. The van der Waals surface area contributed by atoms with Crippen LogP contribution < -0.4 is 9.47 Å². The Labute approximate surface area is 260 Å². The Hall–Kier alpha value is -3.21. The van der Waals surface area contributed by atoms with Crippen molar-refractivity contribution in [2.45, 2.75) is 63.7 Å². The van der Waals surface area contributed by atoms with E-state index < -0.39 is 16.6 Å². The highest BCUT2D eigenvalue weighted by Gasteiger charge is 2.34. The van der Waals surface area contributed by atoms with Gasteiger partial charge in [0.1, 0.15) is 23.7 Å². The molecule has 5 nitrogen and oxygen atoms in total. The maximum Gasteiger partial charge on any atom is 0.184 e. The standard InChI is InChI=1S/C36H46O5Si2/c1-42(2,3)40-33(35(29-19-11-7-12-20-29)38-31-23-15-9-16-24-31)27-37-28-34(41-43(4,5)6)36(30-21-13-8-14-22-30)39-32-25-17-10-18-26-32/h7-26,33-36H,27-28H2,1-6H3. The molecule has 0 bridgehead atoms. The van der Waals surface area contributed by atoms with E-state index >= 15 is 0 Å². The van der Waals surface area contributed by atoms with E-state index in [1.807, 2.05) is 97.1 Å². The average Bonchev–Trinajstić information content (AvgIpc) is 2.98. The van der Waals surface area contributed by atoms with Crippen LogP contribution >= 0.6 is 0 Å². The van der Waals surface area contributed by atoms with Crippen LogP contribution in [-0.2, 0) is 13.6 Å². The van der Waals surface area contributed by atoms with Gasteiger partial charge in [0.2, 0.25) is 0 Å². The van der Waals surface area contributed by atoms with Crippen LogP contribution in [0.5, 0.6) is 11.5 Å². The van der Waals surface area contributed by atoms with Crippen LogP contribution in [0.15, 0.2) is 121 Å². The van der Waals surface area contributed by atoms with Crippen molar-refractivity contribution in [3.8, 4) is 11.5 Å². The summed E-state index contributed by atoms with van der Waals surface area (Å²) >= 11 is 0. The normalized spacial score (nSPS) is 14.8. The first kappa shape index (κ1) is 32.7. The van der Waals surface area contributed by atoms with E-state index in [-0.39, 0.29) is 24.4 Å². The van der Waals surface area contributed by atoms with E-state index in [1.165, 1.54) is 0 Å². The maximum atomic E-state index is 6.78. The van der Waals surface area contributed by atoms with Gasteiger partial charge >= 0.3 is 0 Å².